The van der Waals surface area contributed by atoms with Crippen molar-refractivity contribution in [2.24, 2.45) is 0 Å². The average Bonchev–Trinajstić information content (AvgIpc) is 3.05. The topological polar surface area (TPSA) is 51.2 Å². The Labute approximate surface area is 140 Å². The number of rotatable bonds is 4. The van der Waals surface area contributed by atoms with Crippen molar-refractivity contribution in [3.05, 3.63) is 65.0 Å². The summed E-state index contributed by atoms with van der Waals surface area (Å²) in [6.45, 7) is 0. The van der Waals surface area contributed by atoms with Crippen LogP contribution in [0.5, 0.6) is 0 Å². The van der Waals surface area contributed by atoms with Crippen molar-refractivity contribution in [2.45, 2.75) is 0 Å². The van der Waals surface area contributed by atoms with Gasteiger partial charge in [-0.15, -0.1) is 11.3 Å². The maximum absolute atomic E-state index is 13.3. The Hall–Kier alpha value is -2.80. The quantitative estimate of drug-likeness (QED) is 0.701. The highest BCUT2D eigenvalue weighted by atomic mass is 32.1. The highest BCUT2D eigenvalue weighted by molar-refractivity contribution is 7.14. The Balaban J connectivity index is 1.81. The van der Waals surface area contributed by atoms with E-state index in [1.54, 1.807) is 29.6 Å². The summed E-state index contributed by atoms with van der Waals surface area (Å²) in [6.07, 6.45) is 0. The van der Waals surface area contributed by atoms with E-state index in [1.807, 2.05) is 0 Å². The van der Waals surface area contributed by atoms with Crippen molar-refractivity contribution in [1.82, 2.24) is 4.98 Å². The van der Waals surface area contributed by atoms with E-state index in [4.69, 9.17) is 0 Å². The molecule has 7 heteroatoms. The fourth-order valence-corrected chi connectivity index (χ4v) is 2.82. The summed E-state index contributed by atoms with van der Waals surface area (Å²) in [7, 11) is 1.32. The third-order valence-electron chi connectivity index (χ3n) is 3.25. The van der Waals surface area contributed by atoms with E-state index in [0.717, 1.165) is 12.1 Å². The van der Waals surface area contributed by atoms with Gasteiger partial charge in [-0.2, -0.15) is 0 Å². The molecule has 0 radical (unpaired) electrons. The van der Waals surface area contributed by atoms with Gasteiger partial charge >= 0.3 is 5.97 Å². The molecule has 0 amide bonds. The van der Waals surface area contributed by atoms with Crippen LogP contribution >= 0.6 is 11.3 Å². The van der Waals surface area contributed by atoms with E-state index >= 15 is 0 Å². The molecule has 0 atom stereocenters. The summed E-state index contributed by atoms with van der Waals surface area (Å²) < 4.78 is 31.0. The average molecular weight is 346 g/mol. The molecule has 0 unspecified atom stereocenters. The minimum atomic E-state index is -0.916. The third-order valence-corrected chi connectivity index (χ3v) is 4.01. The van der Waals surface area contributed by atoms with Gasteiger partial charge in [-0.25, -0.2) is 18.6 Å². The number of hydrogen-bond donors (Lipinski definition) is 1. The van der Waals surface area contributed by atoms with Gasteiger partial charge in [-0.1, -0.05) is 6.07 Å². The highest BCUT2D eigenvalue weighted by Crippen LogP contribution is 2.28. The van der Waals surface area contributed by atoms with Crippen LogP contribution in [0.2, 0.25) is 0 Å². The minimum Gasteiger partial charge on any atom is -0.465 e. The minimum absolute atomic E-state index is 0.417. The summed E-state index contributed by atoms with van der Waals surface area (Å²) in [5.41, 5.74) is 2.11. The standard InChI is InChI=1S/C17H12F2N2O2S/c1-23-16(22)11-3-2-4-12(7-11)20-17-21-15(9-24-17)10-5-6-13(18)14(19)8-10/h2-9H,1H3,(H,20,21). The molecule has 0 aliphatic carbocycles. The zero-order valence-electron chi connectivity index (χ0n) is 12.5. The van der Waals surface area contributed by atoms with E-state index in [0.29, 0.717) is 27.6 Å². The van der Waals surface area contributed by atoms with Gasteiger partial charge in [0, 0.05) is 16.6 Å². The number of methoxy groups -OCH3 is 1. The molecule has 3 aromatic rings. The number of carbonyl (C=O) groups excluding carboxylic acids is 1. The van der Waals surface area contributed by atoms with E-state index < -0.39 is 17.6 Å². The van der Waals surface area contributed by atoms with Gasteiger partial charge in [0.1, 0.15) is 0 Å². The maximum Gasteiger partial charge on any atom is 0.337 e. The van der Waals surface area contributed by atoms with Crippen molar-refractivity contribution >= 4 is 28.1 Å². The van der Waals surface area contributed by atoms with Crippen molar-refractivity contribution in [3.63, 3.8) is 0 Å². The number of esters is 1. The van der Waals surface area contributed by atoms with Gasteiger partial charge in [-0.3, -0.25) is 0 Å². The lowest BCUT2D eigenvalue weighted by Gasteiger charge is -2.04. The zero-order valence-corrected chi connectivity index (χ0v) is 13.4. The Kier molecular flexibility index (Phi) is 4.52. The first kappa shape index (κ1) is 16.1. The Morgan fingerprint density at radius 3 is 2.75 bits per heavy atom. The first-order valence-electron chi connectivity index (χ1n) is 6.93. The Morgan fingerprint density at radius 2 is 2.00 bits per heavy atom. The van der Waals surface area contributed by atoms with E-state index in [9.17, 15) is 13.6 Å². The molecule has 1 heterocycles. The molecular weight excluding hydrogens is 334 g/mol. The molecule has 0 aliphatic rings. The third kappa shape index (κ3) is 3.41. The fraction of sp³-hybridized carbons (Fsp3) is 0.0588. The van der Waals surface area contributed by atoms with Crippen molar-refractivity contribution < 1.29 is 18.3 Å². The predicted octanol–water partition coefficient (Wildman–Crippen LogP) is 4.62. The smallest absolute Gasteiger partial charge is 0.337 e. The van der Waals surface area contributed by atoms with Crippen molar-refractivity contribution in [2.75, 3.05) is 12.4 Å². The molecule has 0 saturated carbocycles. The monoisotopic (exact) mass is 346 g/mol. The number of thiazole rings is 1. The van der Waals surface area contributed by atoms with Gasteiger partial charge in [-0.05, 0) is 36.4 Å². The number of nitrogens with zero attached hydrogens (tertiary/aromatic N) is 1. The molecule has 0 saturated heterocycles. The van der Waals surface area contributed by atoms with Crippen LogP contribution in [0.25, 0.3) is 11.3 Å². The number of anilines is 2. The van der Waals surface area contributed by atoms with Crippen molar-refractivity contribution in [3.8, 4) is 11.3 Å². The predicted molar refractivity (Wildman–Crippen MR) is 88.5 cm³/mol. The molecule has 1 aromatic heterocycles. The normalized spacial score (nSPS) is 10.5. The van der Waals surface area contributed by atoms with Crippen LogP contribution in [0.3, 0.4) is 0 Å². The lowest BCUT2D eigenvalue weighted by molar-refractivity contribution is 0.0601. The second-order valence-electron chi connectivity index (χ2n) is 4.86. The molecule has 0 aliphatic heterocycles. The van der Waals surface area contributed by atoms with Crippen LogP contribution in [0.4, 0.5) is 19.6 Å². The van der Waals surface area contributed by atoms with Gasteiger partial charge in [0.15, 0.2) is 16.8 Å². The molecule has 2 aromatic carbocycles. The largest absolute Gasteiger partial charge is 0.465 e. The number of halogens is 2. The first-order valence-corrected chi connectivity index (χ1v) is 7.81. The summed E-state index contributed by atoms with van der Waals surface area (Å²) in [5.74, 6) is -2.24. The molecular formula is C17H12F2N2O2S. The van der Waals surface area contributed by atoms with Gasteiger partial charge in [0.25, 0.3) is 0 Å². The summed E-state index contributed by atoms with van der Waals surface area (Å²) in [5, 5.41) is 5.37. The number of benzene rings is 2. The Bertz CT molecular complexity index is 896. The van der Waals surface area contributed by atoms with Crippen LogP contribution in [-0.2, 0) is 4.74 Å². The first-order chi connectivity index (χ1) is 11.6. The van der Waals surface area contributed by atoms with Crippen LogP contribution in [0.15, 0.2) is 47.8 Å². The zero-order chi connectivity index (χ0) is 17.1. The van der Waals surface area contributed by atoms with Crippen LogP contribution in [0, 0.1) is 11.6 Å². The molecule has 4 nitrogen and oxygen atoms in total. The molecule has 0 fully saturated rings. The van der Waals surface area contributed by atoms with E-state index in [1.165, 1.54) is 24.5 Å². The van der Waals surface area contributed by atoms with E-state index in [-0.39, 0.29) is 0 Å². The van der Waals surface area contributed by atoms with Crippen LogP contribution in [-0.4, -0.2) is 18.1 Å². The summed E-state index contributed by atoms with van der Waals surface area (Å²) >= 11 is 1.31. The number of aromatic nitrogens is 1. The lowest BCUT2D eigenvalue weighted by Crippen LogP contribution is -2.01. The molecule has 122 valence electrons. The maximum atomic E-state index is 13.3. The SMILES string of the molecule is COC(=O)c1cccc(Nc2nc(-c3ccc(F)c(F)c3)cs2)c1. The van der Waals surface area contributed by atoms with Gasteiger partial charge in [0.05, 0.1) is 18.4 Å². The second kappa shape index (κ2) is 6.76. The van der Waals surface area contributed by atoms with Crippen molar-refractivity contribution in [1.29, 1.82) is 0 Å². The number of carbonyl (C=O) groups is 1. The second-order valence-corrected chi connectivity index (χ2v) is 5.72. The molecule has 0 spiro atoms. The molecule has 0 bridgehead atoms. The van der Waals surface area contributed by atoms with Crippen LogP contribution in [0.1, 0.15) is 10.4 Å². The molecule has 3 rings (SSSR count). The summed E-state index contributed by atoms with van der Waals surface area (Å²) in [6, 6.07) is 10.4. The fourth-order valence-electron chi connectivity index (χ4n) is 2.08. The number of nitrogens with one attached hydrogen (secondary N) is 1. The summed E-state index contributed by atoms with van der Waals surface area (Å²) in [4.78, 5) is 15.9. The highest BCUT2D eigenvalue weighted by Gasteiger charge is 2.10. The Morgan fingerprint density at radius 1 is 1.17 bits per heavy atom. The molecule has 1 N–H and O–H groups in total. The van der Waals surface area contributed by atoms with Crippen LogP contribution < -0.4 is 5.32 Å². The molecule has 24 heavy (non-hydrogen) atoms. The number of ether oxygens (including phenoxy) is 1. The van der Waals surface area contributed by atoms with Gasteiger partial charge in [0.2, 0.25) is 0 Å². The van der Waals surface area contributed by atoms with Gasteiger partial charge < -0.3 is 10.1 Å². The number of hydrogen-bond acceptors (Lipinski definition) is 5. The lowest BCUT2D eigenvalue weighted by atomic mass is 10.2. The van der Waals surface area contributed by atoms with E-state index in [2.05, 4.69) is 15.0 Å².